The first kappa shape index (κ1) is 25.4. The number of amides is 1. The second-order valence-electron chi connectivity index (χ2n) is 9.94. The maximum Gasteiger partial charge on any atom is 0.357 e. The van der Waals surface area contributed by atoms with Gasteiger partial charge >= 0.3 is 12.0 Å². The molecule has 2 aromatic carbocycles. The predicted molar refractivity (Wildman–Crippen MR) is 153 cm³/mol. The number of hydrogen-bond acceptors (Lipinski definition) is 6. The van der Waals surface area contributed by atoms with Crippen molar-refractivity contribution in [2.75, 3.05) is 18.4 Å². The van der Waals surface area contributed by atoms with Gasteiger partial charge in [-0.3, -0.25) is 14.9 Å². The first-order valence-electron chi connectivity index (χ1n) is 13.3. The van der Waals surface area contributed by atoms with Crippen molar-refractivity contribution in [2.45, 2.75) is 25.8 Å². The Balaban J connectivity index is 1.26. The number of anilines is 1. The number of pyridine rings is 2. The number of aromatic nitrogens is 4. The molecule has 0 aliphatic carbocycles. The maximum atomic E-state index is 13.2. The lowest BCUT2D eigenvalue weighted by Gasteiger charge is -2.26. The number of piperidine rings is 1. The number of carboxylic acids is 1. The minimum Gasteiger partial charge on any atom is -0.476 e. The number of nitrogens with one attached hydrogen (secondary N) is 1. The van der Waals surface area contributed by atoms with Gasteiger partial charge in [-0.25, -0.2) is 9.59 Å². The van der Waals surface area contributed by atoms with Gasteiger partial charge in [0, 0.05) is 35.5 Å². The molecule has 0 atom stereocenters. The van der Waals surface area contributed by atoms with Gasteiger partial charge in [0.2, 0.25) is 0 Å². The number of nitrogens with zero attached hydrogens (tertiary/aromatic N) is 5. The molecule has 1 aliphatic rings. The number of likely N-dealkylation sites (tertiary alicyclic amines) is 1. The summed E-state index contributed by atoms with van der Waals surface area (Å²) >= 11 is 0. The largest absolute Gasteiger partial charge is 0.476 e. The highest BCUT2D eigenvalue weighted by atomic mass is 16.4. The normalized spacial score (nSPS) is 13.8. The van der Waals surface area contributed by atoms with Gasteiger partial charge in [0.15, 0.2) is 5.69 Å². The molecular formula is C31H28N6O3. The molecule has 5 aromatic rings. The number of fused-ring (bicyclic) bond motifs is 1. The van der Waals surface area contributed by atoms with Crippen molar-refractivity contribution in [3.05, 3.63) is 96.6 Å². The first-order chi connectivity index (χ1) is 19.5. The lowest BCUT2D eigenvalue weighted by molar-refractivity contribution is 0.0692. The van der Waals surface area contributed by atoms with Crippen LogP contribution in [0.2, 0.25) is 0 Å². The fourth-order valence-corrected chi connectivity index (χ4v) is 5.14. The van der Waals surface area contributed by atoms with Crippen LogP contribution in [0.25, 0.3) is 33.3 Å². The van der Waals surface area contributed by atoms with E-state index < -0.39 is 12.0 Å². The summed E-state index contributed by atoms with van der Waals surface area (Å²) in [7, 11) is 0. The maximum absolute atomic E-state index is 13.2. The van der Waals surface area contributed by atoms with E-state index in [0.717, 1.165) is 52.3 Å². The minimum absolute atomic E-state index is 0.193. The van der Waals surface area contributed by atoms with Gasteiger partial charge in [-0.05, 0) is 67.4 Å². The Morgan fingerprint density at radius 2 is 1.68 bits per heavy atom. The van der Waals surface area contributed by atoms with Crippen molar-refractivity contribution < 1.29 is 14.7 Å². The lowest BCUT2D eigenvalue weighted by atomic mass is 10.0. The van der Waals surface area contributed by atoms with Crippen LogP contribution in [0.1, 0.15) is 35.3 Å². The van der Waals surface area contributed by atoms with Crippen LogP contribution in [-0.4, -0.2) is 54.8 Å². The molecular weight excluding hydrogens is 504 g/mol. The van der Waals surface area contributed by atoms with Gasteiger partial charge in [-0.15, -0.1) is 0 Å². The predicted octanol–water partition coefficient (Wildman–Crippen LogP) is 5.92. The first-order valence-corrected chi connectivity index (χ1v) is 13.3. The molecule has 3 aromatic heterocycles. The van der Waals surface area contributed by atoms with Crippen LogP contribution in [0.15, 0.2) is 85.3 Å². The highest BCUT2D eigenvalue weighted by molar-refractivity contribution is 6.06. The summed E-state index contributed by atoms with van der Waals surface area (Å²) in [6.07, 6.45) is 8.92. The Kier molecular flexibility index (Phi) is 7.03. The molecule has 0 saturated carbocycles. The van der Waals surface area contributed by atoms with E-state index in [0.29, 0.717) is 16.6 Å². The molecule has 9 heteroatoms. The third kappa shape index (κ3) is 5.32. The van der Waals surface area contributed by atoms with Gasteiger partial charge in [0.25, 0.3) is 0 Å². The van der Waals surface area contributed by atoms with E-state index in [-0.39, 0.29) is 5.69 Å². The summed E-state index contributed by atoms with van der Waals surface area (Å²) in [5.74, 6) is -1.21. The Morgan fingerprint density at radius 1 is 0.850 bits per heavy atom. The van der Waals surface area contributed by atoms with E-state index in [1.807, 2.05) is 48.7 Å². The third-order valence-corrected chi connectivity index (χ3v) is 7.14. The number of hydrogen-bond donors (Lipinski definition) is 2. The van der Waals surface area contributed by atoms with Crippen molar-refractivity contribution in [1.82, 2.24) is 24.6 Å². The summed E-state index contributed by atoms with van der Waals surface area (Å²) in [6, 6.07) is 20.1. The second kappa shape index (κ2) is 11.1. The number of rotatable bonds is 6. The van der Waals surface area contributed by atoms with Gasteiger partial charge in [-0.2, -0.15) is 9.78 Å². The van der Waals surface area contributed by atoms with Crippen molar-refractivity contribution in [3.63, 3.8) is 0 Å². The summed E-state index contributed by atoms with van der Waals surface area (Å²) < 4.78 is 1.08. The van der Waals surface area contributed by atoms with Crippen LogP contribution in [0.5, 0.6) is 0 Å². The molecule has 0 spiro atoms. The molecule has 1 saturated heterocycles. The van der Waals surface area contributed by atoms with Gasteiger partial charge < -0.3 is 10.4 Å². The van der Waals surface area contributed by atoms with E-state index in [9.17, 15) is 14.7 Å². The van der Waals surface area contributed by atoms with Crippen LogP contribution in [0.3, 0.4) is 0 Å². The summed E-state index contributed by atoms with van der Waals surface area (Å²) in [4.78, 5) is 36.5. The summed E-state index contributed by atoms with van der Waals surface area (Å²) in [5.41, 5.74) is 5.22. The average molecular weight is 533 g/mol. The average Bonchev–Trinajstić information content (AvgIpc) is 3.38. The summed E-state index contributed by atoms with van der Waals surface area (Å²) in [5, 5.41) is 17.1. The van der Waals surface area contributed by atoms with Gasteiger partial charge in [0.05, 0.1) is 23.1 Å². The molecule has 9 nitrogen and oxygen atoms in total. The number of aromatic carboxylic acids is 1. The highest BCUT2D eigenvalue weighted by Gasteiger charge is 2.21. The molecule has 4 heterocycles. The standard InChI is InChI=1S/C31H28N6O3/c38-30(39)29-26-16-23(24-15-21(17-32-18-24)20-36-13-5-2-6-14-36)9-12-28(26)37(35-29)31(40)34-25-10-11-27(33-19-25)22-7-3-1-4-8-22/h1,3-4,7-12,15-19H,2,5-6,13-14,20H2,(H,34,40)(H,38,39). The zero-order valence-corrected chi connectivity index (χ0v) is 21.8. The van der Waals surface area contributed by atoms with Crippen molar-refractivity contribution >= 4 is 28.6 Å². The lowest BCUT2D eigenvalue weighted by Crippen LogP contribution is -2.29. The van der Waals surface area contributed by atoms with Gasteiger partial charge in [0.1, 0.15) is 0 Å². The molecule has 0 bridgehead atoms. The fraction of sp³-hybridized carbons (Fsp3) is 0.194. The number of carbonyl (C=O) groups excluding carboxylic acids is 1. The van der Waals surface area contributed by atoms with E-state index in [4.69, 9.17) is 0 Å². The molecule has 6 rings (SSSR count). The number of benzene rings is 2. The molecule has 0 unspecified atom stereocenters. The topological polar surface area (TPSA) is 113 Å². The van der Waals surface area contributed by atoms with Crippen LogP contribution < -0.4 is 5.32 Å². The Hall–Kier alpha value is -4.89. The minimum atomic E-state index is -1.21. The molecule has 1 aliphatic heterocycles. The number of carboxylic acid groups (broad SMARTS) is 1. The highest BCUT2D eigenvalue weighted by Crippen LogP contribution is 2.28. The Morgan fingerprint density at radius 3 is 2.42 bits per heavy atom. The second-order valence-corrected chi connectivity index (χ2v) is 9.94. The number of carbonyl (C=O) groups is 2. The summed E-state index contributed by atoms with van der Waals surface area (Å²) in [6.45, 7) is 3.02. The van der Waals surface area contributed by atoms with E-state index >= 15 is 0 Å². The van der Waals surface area contributed by atoms with E-state index in [2.05, 4.69) is 31.3 Å². The van der Waals surface area contributed by atoms with Crippen molar-refractivity contribution in [1.29, 1.82) is 0 Å². The molecule has 2 N–H and O–H groups in total. The Bertz CT molecular complexity index is 1680. The molecule has 0 radical (unpaired) electrons. The van der Waals surface area contributed by atoms with E-state index in [1.165, 1.54) is 19.3 Å². The fourth-order valence-electron chi connectivity index (χ4n) is 5.14. The quantitative estimate of drug-likeness (QED) is 0.279. The smallest absolute Gasteiger partial charge is 0.357 e. The Labute approximate surface area is 231 Å². The molecule has 1 fully saturated rings. The molecule has 1 amide bonds. The van der Waals surface area contributed by atoms with Crippen LogP contribution in [-0.2, 0) is 6.54 Å². The van der Waals surface area contributed by atoms with E-state index in [1.54, 1.807) is 30.6 Å². The van der Waals surface area contributed by atoms with Crippen LogP contribution in [0.4, 0.5) is 10.5 Å². The zero-order valence-electron chi connectivity index (χ0n) is 21.8. The van der Waals surface area contributed by atoms with Crippen molar-refractivity contribution in [2.24, 2.45) is 0 Å². The molecule has 200 valence electrons. The van der Waals surface area contributed by atoms with Crippen LogP contribution >= 0.6 is 0 Å². The SMILES string of the molecule is O=C(O)c1nn(C(=O)Nc2ccc(-c3ccccc3)nc2)c2ccc(-c3cncc(CN4CCCCC4)c3)cc12. The molecule has 40 heavy (non-hydrogen) atoms. The zero-order chi connectivity index (χ0) is 27.5. The van der Waals surface area contributed by atoms with Crippen molar-refractivity contribution in [3.8, 4) is 22.4 Å². The third-order valence-electron chi connectivity index (χ3n) is 7.14. The van der Waals surface area contributed by atoms with Gasteiger partial charge in [-0.1, -0.05) is 42.8 Å². The van der Waals surface area contributed by atoms with Crippen LogP contribution in [0, 0.1) is 0 Å². The monoisotopic (exact) mass is 532 g/mol.